The van der Waals surface area contributed by atoms with Gasteiger partial charge in [0.15, 0.2) is 0 Å². The number of aromatic nitrogens is 3. The van der Waals surface area contributed by atoms with Gasteiger partial charge in [-0.15, -0.1) is 11.3 Å². The van der Waals surface area contributed by atoms with Crippen LogP contribution in [-0.2, 0) is 13.0 Å². The van der Waals surface area contributed by atoms with E-state index in [0.29, 0.717) is 18.1 Å². The lowest BCUT2D eigenvalue weighted by molar-refractivity contribution is 0.0945. The van der Waals surface area contributed by atoms with Gasteiger partial charge in [0.25, 0.3) is 5.91 Å². The fourth-order valence-electron chi connectivity index (χ4n) is 1.44. The van der Waals surface area contributed by atoms with Crippen LogP contribution in [0.15, 0.2) is 18.6 Å². The number of carbonyl (C=O) groups excluding carboxylic acids is 1. The summed E-state index contributed by atoms with van der Waals surface area (Å²) >= 11 is 1.60. The molecule has 2 N–H and O–H groups in total. The summed E-state index contributed by atoms with van der Waals surface area (Å²) in [4.78, 5) is 25.4. The summed E-state index contributed by atoms with van der Waals surface area (Å²) in [6.45, 7) is 2.49. The van der Waals surface area contributed by atoms with Crippen LogP contribution in [0.25, 0.3) is 0 Å². The van der Waals surface area contributed by atoms with Crippen molar-refractivity contribution in [2.45, 2.75) is 19.9 Å². The molecule has 0 aliphatic rings. The minimum atomic E-state index is -0.252. The van der Waals surface area contributed by atoms with Gasteiger partial charge in [0.2, 0.25) is 0 Å². The second kappa shape index (κ2) is 6.24. The lowest BCUT2D eigenvalue weighted by Gasteiger charge is -2.03. The quantitative estimate of drug-likeness (QED) is 0.865. The molecule has 0 aromatic carbocycles. The number of amides is 1. The molecule has 100 valence electrons. The molecular formula is C12H15N5OS. The molecule has 0 bridgehead atoms. The molecule has 0 aliphatic carbocycles. The van der Waals surface area contributed by atoms with Gasteiger partial charge in [0.05, 0.1) is 18.9 Å². The second-order valence-corrected chi connectivity index (χ2v) is 5.00. The first-order valence-corrected chi connectivity index (χ1v) is 6.76. The van der Waals surface area contributed by atoms with Crippen LogP contribution in [0.5, 0.6) is 0 Å². The zero-order valence-electron chi connectivity index (χ0n) is 10.8. The first-order chi connectivity index (χ1) is 9.22. The highest BCUT2D eigenvalue weighted by Crippen LogP contribution is 2.13. The summed E-state index contributed by atoms with van der Waals surface area (Å²) in [5.74, 6) is 0.313. The Labute approximate surface area is 115 Å². The molecule has 1 amide bonds. The summed E-state index contributed by atoms with van der Waals surface area (Å²) in [5.41, 5.74) is 0.291. The lowest BCUT2D eigenvalue weighted by Crippen LogP contribution is -2.24. The van der Waals surface area contributed by atoms with E-state index in [4.69, 9.17) is 0 Å². The minimum absolute atomic E-state index is 0.252. The van der Waals surface area contributed by atoms with Crippen molar-refractivity contribution in [3.63, 3.8) is 0 Å². The minimum Gasteiger partial charge on any atom is -0.372 e. The van der Waals surface area contributed by atoms with E-state index < -0.39 is 0 Å². The van der Waals surface area contributed by atoms with Crippen molar-refractivity contribution in [1.82, 2.24) is 20.3 Å². The van der Waals surface area contributed by atoms with Crippen molar-refractivity contribution in [1.29, 1.82) is 0 Å². The predicted molar refractivity (Wildman–Crippen MR) is 74.2 cm³/mol. The van der Waals surface area contributed by atoms with Crippen LogP contribution in [-0.4, -0.2) is 27.9 Å². The van der Waals surface area contributed by atoms with Gasteiger partial charge in [0.1, 0.15) is 16.5 Å². The van der Waals surface area contributed by atoms with Gasteiger partial charge in [-0.1, -0.05) is 6.92 Å². The second-order valence-electron chi connectivity index (χ2n) is 3.80. The molecule has 7 heteroatoms. The number of hydrogen-bond donors (Lipinski definition) is 2. The van der Waals surface area contributed by atoms with Crippen molar-refractivity contribution in [2.75, 3.05) is 12.4 Å². The number of anilines is 1. The van der Waals surface area contributed by atoms with Gasteiger partial charge in [0, 0.05) is 18.1 Å². The first-order valence-electron chi connectivity index (χ1n) is 5.94. The van der Waals surface area contributed by atoms with E-state index in [1.54, 1.807) is 24.6 Å². The Balaban J connectivity index is 1.96. The third kappa shape index (κ3) is 3.47. The molecule has 2 aromatic rings. The van der Waals surface area contributed by atoms with Crippen LogP contribution >= 0.6 is 11.3 Å². The van der Waals surface area contributed by atoms with E-state index in [0.717, 1.165) is 11.4 Å². The number of nitrogens with one attached hydrogen (secondary N) is 2. The highest BCUT2D eigenvalue weighted by molar-refractivity contribution is 7.11. The Kier molecular flexibility index (Phi) is 4.40. The molecular weight excluding hydrogens is 262 g/mol. The predicted octanol–water partition coefficient (Wildman–Crippen LogP) is 1.47. The SMILES string of the molecule is CCc1cnc(CNC(=O)c2cncc(NC)n2)s1. The van der Waals surface area contributed by atoms with Gasteiger partial charge >= 0.3 is 0 Å². The largest absolute Gasteiger partial charge is 0.372 e. The molecule has 2 heterocycles. The average molecular weight is 277 g/mol. The summed E-state index contributed by atoms with van der Waals surface area (Å²) in [7, 11) is 1.73. The Morgan fingerprint density at radius 1 is 1.37 bits per heavy atom. The van der Waals surface area contributed by atoms with E-state index in [-0.39, 0.29) is 5.91 Å². The lowest BCUT2D eigenvalue weighted by atomic mass is 10.4. The molecule has 0 spiro atoms. The molecule has 0 atom stereocenters. The number of carbonyl (C=O) groups is 1. The number of aryl methyl sites for hydroxylation is 1. The van der Waals surface area contributed by atoms with E-state index in [2.05, 4.69) is 32.5 Å². The fraction of sp³-hybridized carbons (Fsp3) is 0.333. The van der Waals surface area contributed by atoms with Gasteiger partial charge in [-0.25, -0.2) is 9.97 Å². The Morgan fingerprint density at radius 3 is 2.89 bits per heavy atom. The molecule has 0 saturated heterocycles. The van der Waals surface area contributed by atoms with Gasteiger partial charge in [-0.05, 0) is 6.42 Å². The molecule has 0 saturated carbocycles. The Morgan fingerprint density at radius 2 is 2.21 bits per heavy atom. The van der Waals surface area contributed by atoms with Crippen molar-refractivity contribution in [3.05, 3.63) is 34.2 Å². The van der Waals surface area contributed by atoms with E-state index in [1.165, 1.54) is 11.1 Å². The monoisotopic (exact) mass is 277 g/mol. The van der Waals surface area contributed by atoms with Crippen molar-refractivity contribution < 1.29 is 4.79 Å². The van der Waals surface area contributed by atoms with E-state index in [1.807, 2.05) is 6.20 Å². The van der Waals surface area contributed by atoms with Crippen molar-refractivity contribution in [3.8, 4) is 0 Å². The van der Waals surface area contributed by atoms with Crippen LogP contribution in [0, 0.1) is 0 Å². The van der Waals surface area contributed by atoms with Crippen LogP contribution in [0.4, 0.5) is 5.82 Å². The van der Waals surface area contributed by atoms with Gasteiger partial charge < -0.3 is 10.6 Å². The molecule has 2 aromatic heterocycles. The first kappa shape index (κ1) is 13.4. The highest BCUT2D eigenvalue weighted by Gasteiger charge is 2.09. The molecule has 6 nitrogen and oxygen atoms in total. The zero-order valence-corrected chi connectivity index (χ0v) is 11.6. The third-order valence-electron chi connectivity index (χ3n) is 2.47. The van der Waals surface area contributed by atoms with Gasteiger partial charge in [-0.2, -0.15) is 0 Å². The molecule has 19 heavy (non-hydrogen) atoms. The molecule has 0 unspecified atom stereocenters. The number of nitrogens with zero attached hydrogens (tertiary/aromatic N) is 3. The van der Waals surface area contributed by atoms with E-state index in [9.17, 15) is 4.79 Å². The average Bonchev–Trinajstić information content (AvgIpc) is 2.93. The molecule has 0 radical (unpaired) electrons. The smallest absolute Gasteiger partial charge is 0.271 e. The van der Waals surface area contributed by atoms with Crippen LogP contribution < -0.4 is 10.6 Å². The standard InChI is InChI=1S/C12H15N5OS/c1-3-8-4-15-11(19-8)7-16-12(18)9-5-14-6-10(13-2)17-9/h4-6H,3,7H2,1-2H3,(H,13,17)(H,16,18). The van der Waals surface area contributed by atoms with Gasteiger partial charge in [-0.3, -0.25) is 9.78 Å². The summed E-state index contributed by atoms with van der Waals surface area (Å²) in [6, 6.07) is 0. The van der Waals surface area contributed by atoms with E-state index >= 15 is 0 Å². The van der Waals surface area contributed by atoms with Crippen LogP contribution in [0.2, 0.25) is 0 Å². The maximum absolute atomic E-state index is 11.9. The van der Waals surface area contributed by atoms with Crippen molar-refractivity contribution in [2.24, 2.45) is 0 Å². The summed E-state index contributed by atoms with van der Waals surface area (Å²) in [6.07, 6.45) is 5.80. The number of thiazole rings is 1. The van der Waals surface area contributed by atoms with Crippen LogP contribution in [0.3, 0.4) is 0 Å². The van der Waals surface area contributed by atoms with Crippen molar-refractivity contribution >= 4 is 23.1 Å². The maximum Gasteiger partial charge on any atom is 0.271 e. The maximum atomic E-state index is 11.9. The Hall–Kier alpha value is -2.02. The molecule has 2 rings (SSSR count). The molecule has 0 aliphatic heterocycles. The zero-order chi connectivity index (χ0) is 13.7. The third-order valence-corrected chi connectivity index (χ3v) is 3.62. The summed E-state index contributed by atoms with van der Waals surface area (Å²) in [5, 5.41) is 6.52. The topological polar surface area (TPSA) is 79.8 Å². The summed E-state index contributed by atoms with van der Waals surface area (Å²) < 4.78 is 0. The fourth-order valence-corrected chi connectivity index (χ4v) is 2.24. The molecule has 0 fully saturated rings. The number of hydrogen-bond acceptors (Lipinski definition) is 6. The number of rotatable bonds is 5. The highest BCUT2D eigenvalue weighted by atomic mass is 32.1. The Bertz CT molecular complexity index is 569. The normalized spacial score (nSPS) is 10.2. The van der Waals surface area contributed by atoms with Crippen LogP contribution in [0.1, 0.15) is 27.3 Å².